The van der Waals surface area contributed by atoms with Gasteiger partial charge in [-0.25, -0.2) is 0 Å². The lowest BCUT2D eigenvalue weighted by atomic mass is 9.94. The topological polar surface area (TPSA) is 61.9 Å². The molecule has 0 aliphatic heterocycles. The number of rotatable bonds is 8. The predicted octanol–water partition coefficient (Wildman–Crippen LogP) is 3.64. The van der Waals surface area contributed by atoms with Gasteiger partial charge >= 0.3 is 6.36 Å². The van der Waals surface area contributed by atoms with Gasteiger partial charge in [-0.2, -0.15) is 0 Å². The third-order valence-corrected chi connectivity index (χ3v) is 4.87. The van der Waals surface area contributed by atoms with Crippen molar-refractivity contribution in [2.45, 2.75) is 51.4 Å². The average molecular weight is 415 g/mol. The van der Waals surface area contributed by atoms with Crippen LogP contribution >= 0.6 is 0 Å². The fourth-order valence-corrected chi connectivity index (χ4v) is 3.59. The standard InChI is InChI=1S/C20H28F3N3O3/c1-3-26(16-7-5-4-6-8-16)19(28)14-25(2)13-18(27)24-15-9-11-17(12-10-15)29-20(21,22)23/h9-12,16H,3-8,13-14H2,1-2H3,(H,24,27). The summed E-state index contributed by atoms with van der Waals surface area (Å²) < 4.78 is 40.3. The van der Waals surface area contributed by atoms with E-state index in [9.17, 15) is 22.8 Å². The molecule has 2 amide bonds. The second-order valence-electron chi connectivity index (χ2n) is 7.26. The van der Waals surface area contributed by atoms with Gasteiger partial charge in [-0.1, -0.05) is 19.3 Å². The molecule has 0 spiro atoms. The summed E-state index contributed by atoms with van der Waals surface area (Å²) in [5.74, 6) is -0.713. The molecular weight excluding hydrogens is 387 g/mol. The lowest BCUT2D eigenvalue weighted by Gasteiger charge is -2.34. The van der Waals surface area contributed by atoms with E-state index in [1.807, 2.05) is 11.8 Å². The van der Waals surface area contributed by atoms with E-state index >= 15 is 0 Å². The molecule has 1 saturated carbocycles. The van der Waals surface area contributed by atoms with E-state index in [2.05, 4.69) is 10.1 Å². The summed E-state index contributed by atoms with van der Waals surface area (Å²) in [4.78, 5) is 28.3. The minimum Gasteiger partial charge on any atom is -0.406 e. The molecule has 0 unspecified atom stereocenters. The summed E-state index contributed by atoms with van der Waals surface area (Å²) in [5, 5.41) is 2.60. The van der Waals surface area contributed by atoms with E-state index in [0.29, 0.717) is 12.2 Å². The van der Waals surface area contributed by atoms with Crippen molar-refractivity contribution >= 4 is 17.5 Å². The van der Waals surface area contributed by atoms with Crippen molar-refractivity contribution in [3.05, 3.63) is 24.3 Å². The molecule has 6 nitrogen and oxygen atoms in total. The van der Waals surface area contributed by atoms with Gasteiger partial charge in [0.05, 0.1) is 13.1 Å². The van der Waals surface area contributed by atoms with Crippen LogP contribution in [0.3, 0.4) is 0 Å². The third-order valence-electron chi connectivity index (χ3n) is 4.87. The number of ether oxygens (including phenoxy) is 1. The first-order valence-electron chi connectivity index (χ1n) is 9.81. The Kier molecular flexibility index (Phi) is 8.31. The summed E-state index contributed by atoms with van der Waals surface area (Å²) >= 11 is 0. The second-order valence-corrected chi connectivity index (χ2v) is 7.26. The van der Waals surface area contributed by atoms with Crippen LogP contribution in [0.5, 0.6) is 5.75 Å². The number of carbonyl (C=O) groups is 2. The van der Waals surface area contributed by atoms with E-state index in [0.717, 1.165) is 37.8 Å². The normalized spacial score (nSPS) is 15.2. The molecule has 0 atom stereocenters. The van der Waals surface area contributed by atoms with Gasteiger partial charge in [0.1, 0.15) is 5.75 Å². The fourth-order valence-electron chi connectivity index (χ4n) is 3.59. The molecule has 1 aromatic rings. The number of carbonyl (C=O) groups excluding carboxylic acids is 2. The number of anilines is 1. The van der Waals surface area contributed by atoms with E-state index < -0.39 is 6.36 Å². The van der Waals surface area contributed by atoms with Crippen LogP contribution in [0.15, 0.2) is 24.3 Å². The molecule has 29 heavy (non-hydrogen) atoms. The number of hydrogen-bond donors (Lipinski definition) is 1. The highest BCUT2D eigenvalue weighted by Gasteiger charge is 2.31. The Labute approximate surface area is 169 Å². The number of hydrogen-bond acceptors (Lipinski definition) is 4. The lowest BCUT2D eigenvalue weighted by molar-refractivity contribution is -0.274. The maximum Gasteiger partial charge on any atom is 0.573 e. The fraction of sp³-hybridized carbons (Fsp3) is 0.600. The van der Waals surface area contributed by atoms with Gasteiger partial charge in [-0.15, -0.1) is 13.2 Å². The first kappa shape index (κ1) is 23.0. The zero-order valence-corrected chi connectivity index (χ0v) is 16.8. The molecule has 0 bridgehead atoms. The highest BCUT2D eigenvalue weighted by Crippen LogP contribution is 2.24. The number of alkyl halides is 3. The van der Waals surface area contributed by atoms with E-state index in [1.54, 1.807) is 11.9 Å². The molecular formula is C20H28F3N3O3. The molecule has 0 aromatic heterocycles. The molecule has 1 aromatic carbocycles. The first-order chi connectivity index (χ1) is 13.7. The summed E-state index contributed by atoms with van der Waals surface area (Å²) in [6.45, 7) is 2.74. The molecule has 0 heterocycles. The minimum atomic E-state index is -4.76. The number of nitrogens with one attached hydrogen (secondary N) is 1. The Morgan fingerprint density at radius 1 is 1.10 bits per heavy atom. The van der Waals surface area contributed by atoms with Crippen LogP contribution in [0.1, 0.15) is 39.0 Å². The lowest BCUT2D eigenvalue weighted by Crippen LogP contribution is -2.46. The summed E-state index contributed by atoms with van der Waals surface area (Å²) in [7, 11) is 1.69. The Balaban J connectivity index is 1.81. The van der Waals surface area contributed by atoms with Crippen LogP contribution in [-0.4, -0.2) is 60.7 Å². The Morgan fingerprint density at radius 2 is 1.72 bits per heavy atom. The van der Waals surface area contributed by atoms with Gasteiger partial charge in [0.2, 0.25) is 11.8 Å². The number of nitrogens with zero attached hydrogens (tertiary/aromatic N) is 2. The van der Waals surface area contributed by atoms with Crippen LogP contribution in [0.2, 0.25) is 0 Å². The molecule has 0 saturated heterocycles. The Bertz CT molecular complexity index is 674. The Morgan fingerprint density at radius 3 is 2.28 bits per heavy atom. The summed E-state index contributed by atoms with van der Waals surface area (Å²) in [6, 6.07) is 5.18. The molecule has 9 heteroatoms. The number of halogens is 3. The monoisotopic (exact) mass is 415 g/mol. The summed E-state index contributed by atoms with van der Waals surface area (Å²) in [6.07, 6.45) is 0.782. The summed E-state index contributed by atoms with van der Waals surface area (Å²) in [5.41, 5.74) is 0.349. The van der Waals surface area contributed by atoms with Crippen LogP contribution in [0.25, 0.3) is 0 Å². The van der Waals surface area contributed by atoms with Crippen molar-refractivity contribution in [3.63, 3.8) is 0 Å². The van der Waals surface area contributed by atoms with E-state index in [4.69, 9.17) is 0 Å². The van der Waals surface area contributed by atoms with Crippen molar-refractivity contribution in [2.24, 2.45) is 0 Å². The zero-order valence-electron chi connectivity index (χ0n) is 16.8. The van der Waals surface area contributed by atoms with Gasteiger partial charge in [-0.05, 0) is 51.1 Å². The smallest absolute Gasteiger partial charge is 0.406 e. The quantitative estimate of drug-likeness (QED) is 0.704. The largest absolute Gasteiger partial charge is 0.573 e. The number of amides is 2. The highest BCUT2D eigenvalue weighted by molar-refractivity contribution is 5.92. The Hall–Kier alpha value is -2.29. The van der Waals surface area contributed by atoms with E-state index in [-0.39, 0.29) is 36.7 Å². The van der Waals surface area contributed by atoms with Crippen molar-refractivity contribution in [2.75, 3.05) is 32.0 Å². The van der Waals surface area contributed by atoms with Crippen LogP contribution < -0.4 is 10.1 Å². The van der Waals surface area contributed by atoms with Gasteiger partial charge in [-0.3, -0.25) is 14.5 Å². The second kappa shape index (κ2) is 10.5. The van der Waals surface area contributed by atoms with Crippen LogP contribution in [-0.2, 0) is 9.59 Å². The van der Waals surface area contributed by atoms with E-state index in [1.165, 1.54) is 18.6 Å². The number of likely N-dealkylation sites (N-methyl/N-ethyl adjacent to an activating group) is 2. The van der Waals surface area contributed by atoms with Crippen molar-refractivity contribution in [1.82, 2.24) is 9.80 Å². The van der Waals surface area contributed by atoms with Gasteiger partial charge in [0, 0.05) is 18.3 Å². The number of benzene rings is 1. The molecule has 0 radical (unpaired) electrons. The molecule has 1 fully saturated rings. The maximum absolute atomic E-state index is 12.6. The SMILES string of the molecule is CCN(C(=O)CN(C)CC(=O)Nc1ccc(OC(F)(F)F)cc1)C1CCCCC1. The van der Waals surface area contributed by atoms with Crippen molar-refractivity contribution < 1.29 is 27.5 Å². The van der Waals surface area contributed by atoms with Gasteiger partial charge < -0.3 is 15.0 Å². The first-order valence-corrected chi connectivity index (χ1v) is 9.81. The maximum atomic E-state index is 12.6. The molecule has 1 aliphatic carbocycles. The van der Waals surface area contributed by atoms with Crippen LogP contribution in [0.4, 0.5) is 18.9 Å². The minimum absolute atomic E-state index is 0.00310. The van der Waals surface area contributed by atoms with Gasteiger partial charge in [0.25, 0.3) is 0 Å². The molecule has 1 aliphatic rings. The van der Waals surface area contributed by atoms with Crippen molar-refractivity contribution in [3.8, 4) is 5.75 Å². The van der Waals surface area contributed by atoms with Crippen LogP contribution in [0, 0.1) is 0 Å². The molecule has 1 N–H and O–H groups in total. The molecule has 2 rings (SSSR count). The van der Waals surface area contributed by atoms with Crippen molar-refractivity contribution in [1.29, 1.82) is 0 Å². The van der Waals surface area contributed by atoms with Gasteiger partial charge in [0.15, 0.2) is 0 Å². The third kappa shape index (κ3) is 7.92. The average Bonchev–Trinajstić information content (AvgIpc) is 2.63. The molecule has 162 valence electrons. The highest BCUT2D eigenvalue weighted by atomic mass is 19.4. The zero-order chi connectivity index (χ0) is 21.4. The predicted molar refractivity (Wildman–Crippen MR) is 104 cm³/mol.